The zero-order valence-electron chi connectivity index (χ0n) is 11.7. The van der Waals surface area contributed by atoms with E-state index in [1.807, 2.05) is 24.3 Å². The van der Waals surface area contributed by atoms with Gasteiger partial charge in [-0.2, -0.15) is 13.2 Å². The predicted octanol–water partition coefficient (Wildman–Crippen LogP) is 1.75. The third kappa shape index (κ3) is 4.71. The Morgan fingerprint density at radius 1 is 1.12 bits per heavy atom. The van der Waals surface area contributed by atoms with Crippen LogP contribution in [-0.2, 0) is 16.7 Å². The molecule has 0 saturated carbocycles. The SMILES string of the molecule is O=S(=O)(O)c1ccc(Cn2nnc(-c3cccc(Br)c3)n2)cc1.[NaH]. The summed E-state index contributed by atoms with van der Waals surface area (Å²) in [7, 11) is -4.18. The molecule has 3 aromatic rings. The zero-order chi connectivity index (χ0) is 16.4. The number of nitrogens with zero attached hydrogens (tertiary/aromatic N) is 4. The van der Waals surface area contributed by atoms with E-state index in [9.17, 15) is 8.42 Å². The van der Waals surface area contributed by atoms with E-state index < -0.39 is 10.1 Å². The Balaban J connectivity index is 0.00000208. The summed E-state index contributed by atoms with van der Waals surface area (Å²) < 4.78 is 31.9. The summed E-state index contributed by atoms with van der Waals surface area (Å²) in [4.78, 5) is 1.27. The van der Waals surface area contributed by atoms with Crippen LogP contribution in [0, 0.1) is 0 Å². The molecule has 0 saturated heterocycles. The fraction of sp³-hybridized carbons (Fsp3) is 0.0714. The number of hydrogen-bond acceptors (Lipinski definition) is 5. The molecule has 0 atom stereocenters. The van der Waals surface area contributed by atoms with Crippen LogP contribution in [0.25, 0.3) is 11.4 Å². The van der Waals surface area contributed by atoms with E-state index in [4.69, 9.17) is 4.55 Å². The van der Waals surface area contributed by atoms with Gasteiger partial charge in [-0.05, 0) is 35.0 Å². The van der Waals surface area contributed by atoms with E-state index in [1.54, 1.807) is 12.1 Å². The van der Waals surface area contributed by atoms with Gasteiger partial charge in [0.05, 0.1) is 11.4 Å². The predicted molar refractivity (Wildman–Crippen MR) is 93.5 cm³/mol. The maximum atomic E-state index is 11.0. The van der Waals surface area contributed by atoms with E-state index in [1.165, 1.54) is 16.9 Å². The molecule has 0 aliphatic carbocycles. The summed E-state index contributed by atoms with van der Waals surface area (Å²) in [5.74, 6) is 0.501. The van der Waals surface area contributed by atoms with Crippen molar-refractivity contribution in [1.29, 1.82) is 0 Å². The van der Waals surface area contributed by atoms with Crippen LogP contribution in [0.5, 0.6) is 0 Å². The molecule has 0 aliphatic heterocycles. The first-order valence-corrected chi connectivity index (χ1v) is 8.75. The molecule has 1 N–H and O–H groups in total. The minimum absolute atomic E-state index is 0. The van der Waals surface area contributed by atoms with Crippen molar-refractivity contribution in [2.24, 2.45) is 0 Å². The standard InChI is InChI=1S/C14H11BrN4O3S.Na.H/c15-12-3-1-2-11(8-12)14-16-18-19(17-14)9-10-4-6-13(7-5-10)23(20,21)22;;/h1-8H,9H2,(H,20,21,22);;. The second-order valence-electron chi connectivity index (χ2n) is 4.77. The number of hydrogen-bond donors (Lipinski definition) is 1. The molecule has 10 heteroatoms. The van der Waals surface area contributed by atoms with Gasteiger partial charge in [0.1, 0.15) is 0 Å². The molecular formula is C14H12BrN4NaO3S. The van der Waals surface area contributed by atoms with Gasteiger partial charge in [0.15, 0.2) is 0 Å². The molecule has 24 heavy (non-hydrogen) atoms. The molecule has 2 aromatic carbocycles. The normalized spacial score (nSPS) is 11.1. The Labute approximate surface area is 169 Å². The summed E-state index contributed by atoms with van der Waals surface area (Å²) in [5, 5.41) is 12.3. The Morgan fingerprint density at radius 2 is 1.83 bits per heavy atom. The molecule has 1 heterocycles. The van der Waals surface area contributed by atoms with Crippen molar-refractivity contribution in [2.45, 2.75) is 11.4 Å². The van der Waals surface area contributed by atoms with E-state index in [-0.39, 0.29) is 34.5 Å². The van der Waals surface area contributed by atoms with Gasteiger partial charge in [0, 0.05) is 10.0 Å². The van der Waals surface area contributed by atoms with E-state index in [0.717, 1.165) is 15.6 Å². The number of halogens is 1. The van der Waals surface area contributed by atoms with Crippen LogP contribution in [0.3, 0.4) is 0 Å². The van der Waals surface area contributed by atoms with Crippen molar-refractivity contribution in [3.05, 3.63) is 58.6 Å². The van der Waals surface area contributed by atoms with E-state index >= 15 is 0 Å². The van der Waals surface area contributed by atoms with Crippen molar-refractivity contribution < 1.29 is 13.0 Å². The van der Waals surface area contributed by atoms with E-state index in [0.29, 0.717) is 12.4 Å². The summed E-state index contributed by atoms with van der Waals surface area (Å²) in [6.07, 6.45) is 0. The van der Waals surface area contributed by atoms with Gasteiger partial charge in [-0.1, -0.05) is 40.2 Å². The summed E-state index contributed by atoms with van der Waals surface area (Å²) in [6.45, 7) is 0.340. The van der Waals surface area contributed by atoms with Gasteiger partial charge in [-0.3, -0.25) is 4.55 Å². The molecule has 3 rings (SSSR count). The fourth-order valence-corrected chi connectivity index (χ4v) is 2.86. The second-order valence-corrected chi connectivity index (χ2v) is 7.11. The van der Waals surface area contributed by atoms with Gasteiger partial charge in [0.2, 0.25) is 5.82 Å². The van der Waals surface area contributed by atoms with Crippen LogP contribution in [0.1, 0.15) is 5.56 Å². The zero-order valence-corrected chi connectivity index (χ0v) is 14.1. The molecule has 7 nitrogen and oxygen atoms in total. The minimum atomic E-state index is -4.18. The Kier molecular flexibility index (Phi) is 6.29. The average Bonchev–Trinajstić information content (AvgIpc) is 2.95. The van der Waals surface area contributed by atoms with Crippen molar-refractivity contribution in [3.8, 4) is 11.4 Å². The van der Waals surface area contributed by atoms with Gasteiger partial charge in [-0.25, -0.2) is 0 Å². The molecule has 0 aliphatic rings. The second kappa shape index (κ2) is 7.85. The molecule has 0 spiro atoms. The maximum absolute atomic E-state index is 11.0. The van der Waals surface area contributed by atoms with Gasteiger partial charge in [-0.15, -0.1) is 10.2 Å². The quantitative estimate of drug-likeness (QED) is 0.511. The molecule has 1 aromatic heterocycles. The monoisotopic (exact) mass is 418 g/mol. The number of aromatic nitrogens is 4. The van der Waals surface area contributed by atoms with Crippen molar-refractivity contribution in [1.82, 2.24) is 20.2 Å². The summed E-state index contributed by atoms with van der Waals surface area (Å²) >= 11 is 3.39. The molecule has 0 unspecified atom stereocenters. The first kappa shape index (κ1) is 19.2. The number of tetrazole rings is 1. The molecule has 0 fully saturated rings. The van der Waals surface area contributed by atoms with Crippen LogP contribution in [0.15, 0.2) is 57.9 Å². The number of benzene rings is 2. The number of rotatable bonds is 4. The Hall–Kier alpha value is -1.10. The van der Waals surface area contributed by atoms with Gasteiger partial charge < -0.3 is 0 Å². The Bertz CT molecular complexity index is 945. The molecule has 0 bridgehead atoms. The van der Waals surface area contributed by atoms with Crippen molar-refractivity contribution >= 4 is 55.6 Å². The Morgan fingerprint density at radius 3 is 2.46 bits per heavy atom. The first-order valence-electron chi connectivity index (χ1n) is 6.52. The molecule has 0 radical (unpaired) electrons. The van der Waals surface area contributed by atoms with E-state index in [2.05, 4.69) is 31.3 Å². The molecule has 120 valence electrons. The average molecular weight is 419 g/mol. The first-order chi connectivity index (χ1) is 10.9. The summed E-state index contributed by atoms with van der Waals surface area (Å²) in [6, 6.07) is 13.4. The third-order valence-electron chi connectivity index (χ3n) is 3.08. The van der Waals surface area contributed by atoms with Crippen molar-refractivity contribution in [2.75, 3.05) is 0 Å². The summed E-state index contributed by atoms with van der Waals surface area (Å²) in [5.41, 5.74) is 1.63. The van der Waals surface area contributed by atoms with Crippen LogP contribution in [-0.4, -0.2) is 62.7 Å². The van der Waals surface area contributed by atoms with Gasteiger partial charge in [0.25, 0.3) is 10.1 Å². The molecular weight excluding hydrogens is 407 g/mol. The van der Waals surface area contributed by atoms with Crippen LogP contribution in [0.2, 0.25) is 0 Å². The van der Waals surface area contributed by atoms with Crippen molar-refractivity contribution in [3.63, 3.8) is 0 Å². The van der Waals surface area contributed by atoms with Crippen LogP contribution < -0.4 is 0 Å². The molecule has 0 amide bonds. The topological polar surface area (TPSA) is 98.0 Å². The third-order valence-corrected chi connectivity index (χ3v) is 4.44. The fourth-order valence-electron chi connectivity index (χ4n) is 1.98. The van der Waals surface area contributed by atoms with Crippen LogP contribution >= 0.6 is 15.9 Å². The van der Waals surface area contributed by atoms with Gasteiger partial charge >= 0.3 is 29.6 Å². The van der Waals surface area contributed by atoms with Crippen LogP contribution in [0.4, 0.5) is 0 Å².